The zero-order valence-corrected chi connectivity index (χ0v) is 19.2. The second-order valence-corrected chi connectivity index (χ2v) is 8.00. The highest BCUT2D eigenvalue weighted by molar-refractivity contribution is 5.88. The number of nitrogens with two attached hydrogens (primary N) is 1. The van der Waals surface area contributed by atoms with Gasteiger partial charge in [0, 0.05) is 25.4 Å². The minimum Gasteiger partial charge on any atom is -0.382 e. The Bertz CT molecular complexity index is 1290. The van der Waals surface area contributed by atoms with Crippen molar-refractivity contribution < 1.29 is 17.9 Å². The number of fused-ring (bicyclic) bond motifs is 2. The summed E-state index contributed by atoms with van der Waals surface area (Å²) < 4.78 is 46.6. The molecule has 1 aliphatic carbocycles. The van der Waals surface area contributed by atoms with Gasteiger partial charge in [-0.1, -0.05) is 0 Å². The number of anilines is 2. The van der Waals surface area contributed by atoms with Gasteiger partial charge in [0.2, 0.25) is 5.95 Å². The molecule has 0 unspecified atom stereocenters. The smallest absolute Gasteiger partial charge is 0.382 e. The van der Waals surface area contributed by atoms with Crippen LogP contribution in [0.5, 0.6) is 0 Å². The van der Waals surface area contributed by atoms with E-state index in [0.29, 0.717) is 34.3 Å². The molecule has 5 rings (SSSR count). The van der Waals surface area contributed by atoms with Gasteiger partial charge in [-0.25, -0.2) is 14.5 Å². The molecule has 0 saturated heterocycles. The number of rotatable bonds is 5. The van der Waals surface area contributed by atoms with E-state index >= 15 is 0 Å². The monoisotopic (exact) mass is 476 g/mol. The Morgan fingerprint density at radius 3 is 2.53 bits per heavy atom. The van der Waals surface area contributed by atoms with Gasteiger partial charge in [-0.15, -0.1) is 5.10 Å². The summed E-state index contributed by atoms with van der Waals surface area (Å²) in [5.74, 6) is 0.830. The number of halogens is 3. The van der Waals surface area contributed by atoms with Crippen LogP contribution in [-0.2, 0) is 11.3 Å². The molecule has 1 saturated carbocycles. The standard InChI is InChI=1S/C16H15F3N8.C6H12O/c1-8-22-11-4-3-10(23-14(11)26(8)7-16(17,18)19)9-5-6-27-12(9)13(20)24-15(21-2)25-27;1-2-7-6-4-3-5-6/h3-6H,7H2,1-2H3,(H3,20,21,24,25);6H,2-5H2,1H3. The van der Waals surface area contributed by atoms with Crippen LogP contribution >= 0.6 is 0 Å². The third-order valence-corrected chi connectivity index (χ3v) is 5.61. The third-order valence-electron chi connectivity index (χ3n) is 5.61. The number of pyridine rings is 1. The van der Waals surface area contributed by atoms with E-state index in [0.717, 1.165) is 11.2 Å². The molecular formula is C22H27F3N8O. The number of nitrogens with zero attached hydrogens (tertiary/aromatic N) is 6. The molecule has 0 amide bonds. The van der Waals surface area contributed by atoms with E-state index in [2.05, 4.69) is 32.3 Å². The second kappa shape index (κ2) is 9.45. The zero-order chi connectivity index (χ0) is 24.5. The predicted molar refractivity (Wildman–Crippen MR) is 124 cm³/mol. The van der Waals surface area contributed by atoms with E-state index in [1.807, 2.05) is 0 Å². The highest BCUT2D eigenvalue weighted by Gasteiger charge is 2.30. The first-order chi connectivity index (χ1) is 16.2. The number of aryl methyl sites for hydroxylation is 1. The predicted octanol–water partition coefficient (Wildman–Crippen LogP) is 4.21. The summed E-state index contributed by atoms with van der Waals surface area (Å²) in [6, 6.07) is 5.07. The van der Waals surface area contributed by atoms with Crippen molar-refractivity contribution in [1.29, 1.82) is 0 Å². The van der Waals surface area contributed by atoms with Crippen LogP contribution in [0.2, 0.25) is 0 Å². The molecule has 34 heavy (non-hydrogen) atoms. The Hall–Kier alpha value is -3.41. The molecule has 1 aliphatic rings. The summed E-state index contributed by atoms with van der Waals surface area (Å²) in [6.07, 6.45) is 1.92. The van der Waals surface area contributed by atoms with Crippen molar-refractivity contribution in [3.8, 4) is 11.3 Å². The van der Waals surface area contributed by atoms with Gasteiger partial charge in [-0.3, -0.25) is 0 Å². The lowest BCUT2D eigenvalue weighted by atomic mass is 9.96. The second-order valence-electron chi connectivity index (χ2n) is 8.00. The molecular weight excluding hydrogens is 449 g/mol. The van der Waals surface area contributed by atoms with E-state index in [1.54, 1.807) is 36.0 Å². The lowest BCUT2D eigenvalue weighted by molar-refractivity contribution is -0.140. The number of alkyl halides is 3. The average Bonchev–Trinajstić information content (AvgIpc) is 3.31. The topological polar surface area (TPSA) is 108 Å². The molecule has 182 valence electrons. The van der Waals surface area contributed by atoms with Gasteiger partial charge in [0.1, 0.15) is 23.4 Å². The number of hydrogen-bond acceptors (Lipinski definition) is 7. The molecule has 4 heterocycles. The Labute approximate surface area is 194 Å². The van der Waals surface area contributed by atoms with Gasteiger partial charge in [0.15, 0.2) is 11.5 Å². The van der Waals surface area contributed by atoms with Gasteiger partial charge in [0.05, 0.1) is 11.8 Å². The molecule has 0 aliphatic heterocycles. The molecule has 0 radical (unpaired) electrons. The fourth-order valence-corrected chi connectivity index (χ4v) is 3.77. The maximum atomic E-state index is 12.9. The maximum absolute atomic E-state index is 12.9. The number of nitrogens with one attached hydrogen (secondary N) is 1. The van der Waals surface area contributed by atoms with Gasteiger partial charge >= 0.3 is 6.18 Å². The van der Waals surface area contributed by atoms with E-state index in [1.165, 1.54) is 26.2 Å². The molecule has 9 nitrogen and oxygen atoms in total. The van der Waals surface area contributed by atoms with Gasteiger partial charge in [-0.05, 0) is 51.3 Å². The van der Waals surface area contributed by atoms with E-state index in [9.17, 15) is 13.2 Å². The minimum absolute atomic E-state index is 0.160. The number of nitrogen functional groups attached to an aromatic ring is 1. The fourth-order valence-electron chi connectivity index (χ4n) is 3.77. The normalized spacial score (nSPS) is 14.2. The van der Waals surface area contributed by atoms with Crippen LogP contribution in [0.4, 0.5) is 24.9 Å². The van der Waals surface area contributed by atoms with E-state index in [4.69, 9.17) is 10.5 Å². The molecule has 0 spiro atoms. The van der Waals surface area contributed by atoms with Gasteiger partial charge < -0.3 is 20.4 Å². The Kier molecular flexibility index (Phi) is 6.60. The van der Waals surface area contributed by atoms with Crippen molar-refractivity contribution in [3.05, 3.63) is 30.2 Å². The Morgan fingerprint density at radius 1 is 1.18 bits per heavy atom. The van der Waals surface area contributed by atoms with Crippen molar-refractivity contribution in [2.75, 3.05) is 24.7 Å². The zero-order valence-electron chi connectivity index (χ0n) is 19.2. The molecule has 0 bridgehead atoms. The van der Waals surface area contributed by atoms with Crippen LogP contribution in [0.1, 0.15) is 32.0 Å². The number of imidazole rings is 1. The summed E-state index contributed by atoms with van der Waals surface area (Å²) >= 11 is 0. The molecule has 1 fully saturated rings. The summed E-state index contributed by atoms with van der Waals surface area (Å²) in [6.45, 7) is 3.31. The quantitative estimate of drug-likeness (QED) is 0.444. The molecule has 0 atom stereocenters. The average molecular weight is 477 g/mol. The highest BCUT2D eigenvalue weighted by atomic mass is 19.4. The van der Waals surface area contributed by atoms with Crippen molar-refractivity contribution in [2.24, 2.45) is 0 Å². The number of ether oxygens (including phenoxy) is 1. The van der Waals surface area contributed by atoms with E-state index in [-0.39, 0.29) is 17.3 Å². The van der Waals surface area contributed by atoms with Crippen LogP contribution in [0.15, 0.2) is 24.4 Å². The lowest BCUT2D eigenvalue weighted by Crippen LogP contribution is -2.20. The molecule has 4 aromatic rings. The molecule has 12 heteroatoms. The SMILES string of the molecule is CCOC1CCC1.CNc1nc(N)c2c(-c3ccc4nc(C)n(CC(F)(F)F)c4n3)ccn2n1. The number of aromatic nitrogens is 6. The molecule has 3 N–H and O–H groups in total. The Morgan fingerprint density at radius 2 is 1.94 bits per heavy atom. The van der Waals surface area contributed by atoms with Crippen molar-refractivity contribution >= 4 is 28.4 Å². The maximum Gasteiger partial charge on any atom is 0.406 e. The van der Waals surface area contributed by atoms with Crippen molar-refractivity contribution in [2.45, 2.75) is 51.9 Å². The van der Waals surface area contributed by atoms with Crippen molar-refractivity contribution in [3.63, 3.8) is 0 Å². The first-order valence-electron chi connectivity index (χ1n) is 11.1. The third kappa shape index (κ3) is 4.91. The minimum atomic E-state index is -4.37. The van der Waals surface area contributed by atoms with Gasteiger partial charge in [0.25, 0.3) is 0 Å². The van der Waals surface area contributed by atoms with Crippen LogP contribution in [0.25, 0.3) is 27.9 Å². The van der Waals surface area contributed by atoms with Crippen LogP contribution in [-0.4, -0.2) is 55.1 Å². The largest absolute Gasteiger partial charge is 0.406 e. The summed E-state index contributed by atoms with van der Waals surface area (Å²) in [4.78, 5) is 12.7. The summed E-state index contributed by atoms with van der Waals surface area (Å²) in [7, 11) is 1.67. The number of hydrogen-bond donors (Lipinski definition) is 2. The van der Waals surface area contributed by atoms with Crippen LogP contribution in [0.3, 0.4) is 0 Å². The fraction of sp³-hybridized carbons (Fsp3) is 0.455. The molecule has 4 aromatic heterocycles. The van der Waals surface area contributed by atoms with E-state index < -0.39 is 12.7 Å². The van der Waals surface area contributed by atoms with Crippen LogP contribution in [0, 0.1) is 6.92 Å². The first kappa shape index (κ1) is 23.7. The lowest BCUT2D eigenvalue weighted by Gasteiger charge is -2.24. The Balaban J connectivity index is 0.000000336. The summed E-state index contributed by atoms with van der Waals surface area (Å²) in [5.41, 5.74) is 8.20. The first-order valence-corrected chi connectivity index (χ1v) is 11.1. The van der Waals surface area contributed by atoms with Crippen molar-refractivity contribution in [1.82, 2.24) is 29.1 Å². The van der Waals surface area contributed by atoms with Gasteiger partial charge in [-0.2, -0.15) is 18.2 Å². The van der Waals surface area contributed by atoms with Crippen LogP contribution < -0.4 is 11.1 Å². The summed E-state index contributed by atoms with van der Waals surface area (Å²) in [5, 5.41) is 7.06. The highest BCUT2D eigenvalue weighted by Crippen LogP contribution is 2.30. The molecule has 0 aromatic carbocycles.